The second-order valence-corrected chi connectivity index (χ2v) is 16.0. The van der Waals surface area contributed by atoms with Gasteiger partial charge in [0.25, 0.3) is 5.91 Å². The number of piperidine rings is 1. The Morgan fingerprint density at radius 1 is 1.04 bits per heavy atom. The minimum Gasteiger partial charge on any atom is -0.494 e. The molecular formula is C33H39N7O4S. The molecule has 0 spiro atoms. The third-order valence-corrected chi connectivity index (χ3v) is 12.9. The molecule has 5 heterocycles. The van der Waals surface area contributed by atoms with Crippen molar-refractivity contribution in [1.29, 1.82) is 0 Å². The number of carbonyl (C=O) groups is 1. The van der Waals surface area contributed by atoms with Crippen molar-refractivity contribution in [3.8, 4) is 17.3 Å². The van der Waals surface area contributed by atoms with Gasteiger partial charge in [0.15, 0.2) is 5.82 Å². The second-order valence-electron chi connectivity index (χ2n) is 14.0. The van der Waals surface area contributed by atoms with Gasteiger partial charge in [0, 0.05) is 55.4 Å². The summed E-state index contributed by atoms with van der Waals surface area (Å²) in [7, 11) is -1.69. The molecule has 4 aromatic rings. The molecular weight excluding hydrogens is 590 g/mol. The van der Waals surface area contributed by atoms with Crippen LogP contribution in [-0.2, 0) is 16.6 Å². The zero-order valence-corrected chi connectivity index (χ0v) is 26.3. The largest absolute Gasteiger partial charge is 0.494 e. The van der Waals surface area contributed by atoms with Crippen molar-refractivity contribution in [2.75, 3.05) is 32.5 Å². The Morgan fingerprint density at radius 3 is 2.53 bits per heavy atom. The first-order valence-corrected chi connectivity index (χ1v) is 18.0. The standard InChI is InChI=1S/C33H39N7O4S/c1-44-28-13-23(33(41)39-15-22-8-9-26(39)29(22)34)11-25-30(28)40(24-16-37(17-24)45(42,43)18-20-6-7-20)32(36-25)27-12-21-3-2-10-35-31(21)38(27)14-19-4-5-19/h2-3,10-13,19-20,22,24,26,29H,4-9,14-18,34H2,1H3/t22?,26?,29-/m1/s1. The highest BCUT2D eigenvalue weighted by Crippen LogP contribution is 2.43. The molecule has 3 aliphatic carbocycles. The van der Waals surface area contributed by atoms with E-state index in [0.29, 0.717) is 54.2 Å². The van der Waals surface area contributed by atoms with Crippen LogP contribution in [0.2, 0.25) is 0 Å². The Morgan fingerprint density at radius 2 is 1.84 bits per heavy atom. The molecule has 45 heavy (non-hydrogen) atoms. The summed E-state index contributed by atoms with van der Waals surface area (Å²) in [4.78, 5) is 25.8. The number of hydrogen-bond acceptors (Lipinski definition) is 7. The van der Waals surface area contributed by atoms with Gasteiger partial charge >= 0.3 is 0 Å². The van der Waals surface area contributed by atoms with Crippen LogP contribution in [0.3, 0.4) is 0 Å². The van der Waals surface area contributed by atoms with Crippen molar-refractivity contribution in [3.05, 3.63) is 42.1 Å². The SMILES string of the molecule is COc1cc(C(=O)N2CC3CCC2[C@@H]3N)cc2nc(-c3cc4cccnc4n3CC3CC3)n(C3CN(S(=O)(=O)CC4CC4)C3)c12. The van der Waals surface area contributed by atoms with E-state index in [1.165, 1.54) is 12.8 Å². The number of nitrogens with two attached hydrogens (primary N) is 1. The van der Waals surface area contributed by atoms with Crippen LogP contribution < -0.4 is 10.5 Å². The van der Waals surface area contributed by atoms with E-state index in [0.717, 1.165) is 60.3 Å². The van der Waals surface area contributed by atoms with Crippen molar-refractivity contribution >= 4 is 38.0 Å². The average molecular weight is 630 g/mol. The maximum absolute atomic E-state index is 13.9. The molecule has 0 radical (unpaired) electrons. The summed E-state index contributed by atoms with van der Waals surface area (Å²) in [6, 6.07) is 9.85. The summed E-state index contributed by atoms with van der Waals surface area (Å²) < 4.78 is 38.3. The summed E-state index contributed by atoms with van der Waals surface area (Å²) in [5.74, 6) is 2.75. The van der Waals surface area contributed by atoms with Crippen LogP contribution in [0.15, 0.2) is 36.5 Å². The van der Waals surface area contributed by atoms with Gasteiger partial charge in [0.1, 0.15) is 16.9 Å². The van der Waals surface area contributed by atoms with Gasteiger partial charge in [-0.2, -0.15) is 4.31 Å². The summed E-state index contributed by atoms with van der Waals surface area (Å²) in [5, 5.41) is 1.04. The van der Waals surface area contributed by atoms with Gasteiger partial charge in [-0.15, -0.1) is 0 Å². The monoisotopic (exact) mass is 629 g/mol. The van der Waals surface area contributed by atoms with Crippen molar-refractivity contribution in [2.45, 2.75) is 63.2 Å². The van der Waals surface area contributed by atoms with E-state index < -0.39 is 10.0 Å². The predicted molar refractivity (Wildman–Crippen MR) is 170 cm³/mol. The van der Waals surface area contributed by atoms with Crippen LogP contribution in [0.4, 0.5) is 0 Å². The Hall–Kier alpha value is -3.48. The Balaban J connectivity index is 1.17. The number of likely N-dealkylation sites (tertiary alicyclic amines) is 1. The molecule has 12 heteroatoms. The molecule has 1 amide bonds. The molecule has 3 saturated carbocycles. The van der Waals surface area contributed by atoms with Gasteiger partial charge in [-0.05, 0) is 86.6 Å². The van der Waals surface area contributed by atoms with Crippen LogP contribution in [0.5, 0.6) is 5.75 Å². The van der Waals surface area contributed by atoms with Gasteiger partial charge in [-0.25, -0.2) is 18.4 Å². The lowest BCUT2D eigenvalue weighted by Gasteiger charge is -2.40. The fraction of sp³-hybridized carbons (Fsp3) is 0.545. The van der Waals surface area contributed by atoms with Gasteiger partial charge in [-0.1, -0.05) is 0 Å². The highest BCUT2D eigenvalue weighted by Gasteiger charge is 2.47. The number of methoxy groups -OCH3 is 1. The average Bonchev–Trinajstić information content (AvgIpc) is 3.88. The van der Waals surface area contributed by atoms with E-state index in [2.05, 4.69) is 21.3 Å². The Bertz CT molecular complexity index is 1950. The first-order chi connectivity index (χ1) is 21.8. The smallest absolute Gasteiger partial charge is 0.254 e. The van der Waals surface area contributed by atoms with E-state index in [9.17, 15) is 13.2 Å². The molecule has 236 valence electrons. The summed E-state index contributed by atoms with van der Waals surface area (Å²) in [6.45, 7) is 2.30. The minimum atomic E-state index is -3.31. The molecule has 5 fully saturated rings. The van der Waals surface area contributed by atoms with Crippen molar-refractivity contribution < 1.29 is 17.9 Å². The van der Waals surface area contributed by atoms with E-state index in [-0.39, 0.29) is 29.8 Å². The zero-order valence-electron chi connectivity index (χ0n) is 25.5. The normalized spacial score (nSPS) is 25.5. The molecule has 3 aromatic heterocycles. The molecule has 1 aromatic carbocycles. The lowest BCUT2D eigenvalue weighted by Crippen LogP contribution is -2.51. The number of imidazole rings is 1. The number of pyridine rings is 1. The molecule has 9 rings (SSSR count). The number of benzene rings is 1. The summed E-state index contributed by atoms with van der Waals surface area (Å²) in [5.41, 5.74) is 10.3. The summed E-state index contributed by atoms with van der Waals surface area (Å²) >= 11 is 0. The van der Waals surface area contributed by atoms with Gasteiger partial charge in [0.05, 0.1) is 30.1 Å². The maximum atomic E-state index is 13.9. The second kappa shape index (κ2) is 10.0. The number of carbonyl (C=O) groups excluding carboxylic acids is 1. The third-order valence-electron chi connectivity index (χ3n) is 10.9. The fourth-order valence-electron chi connectivity index (χ4n) is 7.97. The number of ether oxygens (including phenoxy) is 1. The highest BCUT2D eigenvalue weighted by molar-refractivity contribution is 7.89. The maximum Gasteiger partial charge on any atom is 0.254 e. The van der Waals surface area contributed by atoms with E-state index >= 15 is 0 Å². The van der Waals surface area contributed by atoms with Crippen molar-refractivity contribution in [1.82, 2.24) is 28.3 Å². The quantitative estimate of drug-likeness (QED) is 0.300. The van der Waals surface area contributed by atoms with E-state index in [4.69, 9.17) is 20.4 Å². The van der Waals surface area contributed by atoms with Crippen LogP contribution >= 0.6 is 0 Å². The van der Waals surface area contributed by atoms with Gasteiger partial charge in [0.2, 0.25) is 10.0 Å². The number of aromatic nitrogens is 4. The first-order valence-electron chi connectivity index (χ1n) is 16.4. The molecule has 3 atom stereocenters. The van der Waals surface area contributed by atoms with Gasteiger partial charge < -0.3 is 24.5 Å². The zero-order chi connectivity index (χ0) is 30.6. The van der Waals surface area contributed by atoms with Gasteiger partial charge in [-0.3, -0.25) is 4.79 Å². The summed E-state index contributed by atoms with van der Waals surface area (Å²) in [6.07, 6.45) is 8.22. The van der Waals surface area contributed by atoms with E-state index in [1.807, 2.05) is 29.3 Å². The lowest BCUT2D eigenvalue weighted by atomic mass is 10.1. The topological polar surface area (TPSA) is 129 Å². The first kappa shape index (κ1) is 27.8. The van der Waals surface area contributed by atoms with Crippen molar-refractivity contribution in [2.24, 2.45) is 23.5 Å². The van der Waals surface area contributed by atoms with E-state index in [1.54, 1.807) is 11.4 Å². The minimum absolute atomic E-state index is 0.0325. The molecule has 5 aliphatic rings. The van der Waals surface area contributed by atoms with Crippen LogP contribution in [-0.4, -0.2) is 87.2 Å². The third kappa shape index (κ3) is 4.51. The van der Waals surface area contributed by atoms with Crippen LogP contribution in [0.1, 0.15) is 54.9 Å². The van der Waals surface area contributed by atoms with Crippen LogP contribution in [0.25, 0.3) is 33.6 Å². The lowest BCUT2D eigenvalue weighted by molar-refractivity contribution is 0.0700. The molecule has 2 aliphatic heterocycles. The molecule has 2 unspecified atom stereocenters. The molecule has 2 bridgehead atoms. The number of sulfonamides is 1. The fourth-order valence-corrected chi connectivity index (χ4v) is 9.91. The number of rotatable bonds is 9. The predicted octanol–water partition coefficient (Wildman–Crippen LogP) is 3.63. The van der Waals surface area contributed by atoms with Crippen LogP contribution in [0, 0.1) is 17.8 Å². The molecule has 2 N–H and O–H groups in total. The Labute approximate surface area is 262 Å². The molecule has 2 saturated heterocycles. The number of fused-ring (bicyclic) bond motifs is 4. The number of hydrogen-bond donors (Lipinski definition) is 1. The Kier molecular flexibility index (Phi) is 6.18. The number of nitrogens with zero attached hydrogens (tertiary/aromatic N) is 6. The molecule has 11 nitrogen and oxygen atoms in total. The number of amides is 1. The van der Waals surface area contributed by atoms with Crippen molar-refractivity contribution in [3.63, 3.8) is 0 Å². The highest BCUT2D eigenvalue weighted by atomic mass is 32.2.